The van der Waals surface area contributed by atoms with Gasteiger partial charge in [-0.15, -0.1) is 12.3 Å². The first-order valence-corrected chi connectivity index (χ1v) is 6.02. The minimum absolute atomic E-state index is 0.0718. The molecule has 0 saturated heterocycles. The van der Waals surface area contributed by atoms with Crippen LogP contribution in [0.3, 0.4) is 0 Å². The predicted molar refractivity (Wildman–Crippen MR) is 72.9 cm³/mol. The van der Waals surface area contributed by atoms with Gasteiger partial charge in [0.2, 0.25) is 0 Å². The van der Waals surface area contributed by atoms with E-state index in [1.54, 1.807) is 13.0 Å². The van der Waals surface area contributed by atoms with Crippen LogP contribution in [0.4, 0.5) is 5.69 Å². The van der Waals surface area contributed by atoms with Crippen molar-refractivity contribution in [1.82, 2.24) is 5.32 Å². The first-order chi connectivity index (χ1) is 9.04. The van der Waals surface area contributed by atoms with Crippen LogP contribution in [-0.4, -0.2) is 17.4 Å². The fourth-order valence-corrected chi connectivity index (χ4v) is 1.66. The molecular weight excluding hydrogens is 244 g/mol. The molecule has 0 aromatic heterocycles. The van der Waals surface area contributed by atoms with Crippen LogP contribution >= 0.6 is 0 Å². The van der Waals surface area contributed by atoms with Crippen LogP contribution < -0.4 is 5.32 Å². The van der Waals surface area contributed by atoms with E-state index in [-0.39, 0.29) is 11.6 Å². The molecule has 19 heavy (non-hydrogen) atoms. The molecule has 0 saturated carbocycles. The van der Waals surface area contributed by atoms with E-state index >= 15 is 0 Å². The molecule has 1 N–H and O–H groups in total. The number of benzene rings is 1. The summed E-state index contributed by atoms with van der Waals surface area (Å²) >= 11 is 0. The predicted octanol–water partition coefficient (Wildman–Crippen LogP) is 2.44. The maximum Gasteiger partial charge on any atom is 0.270 e. The summed E-state index contributed by atoms with van der Waals surface area (Å²) in [6, 6.07) is 4.34. The minimum atomic E-state index is -0.503. The number of nitro benzene ring substituents is 1. The number of nitrogens with zero attached hydrogens (tertiary/aromatic N) is 1. The average molecular weight is 260 g/mol. The van der Waals surface area contributed by atoms with E-state index in [0.717, 1.165) is 12.8 Å². The zero-order valence-corrected chi connectivity index (χ0v) is 10.8. The quantitative estimate of drug-likeness (QED) is 0.369. The molecule has 0 bridgehead atoms. The van der Waals surface area contributed by atoms with Crippen molar-refractivity contribution >= 4 is 11.6 Å². The van der Waals surface area contributed by atoms with Crippen molar-refractivity contribution in [3.8, 4) is 12.3 Å². The average Bonchev–Trinajstić information content (AvgIpc) is 2.37. The van der Waals surface area contributed by atoms with Gasteiger partial charge in [-0.05, 0) is 31.4 Å². The van der Waals surface area contributed by atoms with E-state index < -0.39 is 4.92 Å². The van der Waals surface area contributed by atoms with Gasteiger partial charge in [0.15, 0.2) is 0 Å². The van der Waals surface area contributed by atoms with Crippen LogP contribution in [0.1, 0.15) is 35.2 Å². The number of unbranched alkanes of at least 4 members (excludes halogenated alkanes) is 2. The Hall–Kier alpha value is -2.35. The molecule has 0 aliphatic carbocycles. The van der Waals surface area contributed by atoms with Crippen LogP contribution in [0.15, 0.2) is 18.2 Å². The molecule has 0 radical (unpaired) electrons. The lowest BCUT2D eigenvalue weighted by atomic mass is 10.1. The molecule has 0 fully saturated rings. The summed E-state index contributed by atoms with van der Waals surface area (Å²) in [5.74, 6) is 2.23. The van der Waals surface area contributed by atoms with Crippen LogP contribution in [0.25, 0.3) is 0 Å². The van der Waals surface area contributed by atoms with Gasteiger partial charge in [-0.2, -0.15) is 0 Å². The van der Waals surface area contributed by atoms with Crippen LogP contribution in [-0.2, 0) is 0 Å². The summed E-state index contributed by atoms with van der Waals surface area (Å²) in [6.07, 6.45) is 7.46. The number of amides is 1. The smallest absolute Gasteiger partial charge is 0.270 e. The number of terminal acetylenes is 1. The molecule has 1 amide bonds. The number of hydrogen-bond donors (Lipinski definition) is 1. The molecule has 1 aromatic rings. The molecule has 100 valence electrons. The molecule has 1 rings (SSSR count). The van der Waals surface area contributed by atoms with Crippen molar-refractivity contribution in [2.45, 2.75) is 26.2 Å². The second kappa shape index (κ2) is 7.17. The summed E-state index contributed by atoms with van der Waals surface area (Å²) in [5, 5.41) is 13.4. The van der Waals surface area contributed by atoms with Gasteiger partial charge in [-0.25, -0.2) is 0 Å². The fraction of sp³-hybridized carbons (Fsp3) is 0.357. The van der Waals surface area contributed by atoms with E-state index in [9.17, 15) is 14.9 Å². The van der Waals surface area contributed by atoms with Gasteiger partial charge in [-0.1, -0.05) is 0 Å². The number of carbonyl (C=O) groups excluding carboxylic acids is 1. The highest BCUT2D eigenvalue weighted by Gasteiger charge is 2.12. The van der Waals surface area contributed by atoms with Gasteiger partial charge in [0, 0.05) is 30.7 Å². The molecule has 0 unspecified atom stereocenters. The molecule has 0 aliphatic rings. The first kappa shape index (κ1) is 14.7. The zero-order valence-electron chi connectivity index (χ0n) is 10.8. The lowest BCUT2D eigenvalue weighted by molar-refractivity contribution is -0.384. The minimum Gasteiger partial charge on any atom is -0.352 e. The van der Waals surface area contributed by atoms with E-state index in [1.165, 1.54) is 12.1 Å². The molecule has 0 atom stereocenters. The second-order valence-electron chi connectivity index (χ2n) is 4.23. The van der Waals surface area contributed by atoms with Crippen LogP contribution in [0.2, 0.25) is 0 Å². The van der Waals surface area contributed by atoms with Crippen molar-refractivity contribution in [2.24, 2.45) is 0 Å². The van der Waals surface area contributed by atoms with Crippen molar-refractivity contribution in [3.05, 3.63) is 39.4 Å². The fourth-order valence-electron chi connectivity index (χ4n) is 1.66. The standard InChI is InChI=1S/C14H16N2O3/c1-3-4-5-6-7-15-14(17)12-8-11(2)9-13(10-12)16(18)19/h1,8-10H,4-7H2,2H3,(H,15,17). The van der Waals surface area contributed by atoms with Crippen LogP contribution in [0, 0.1) is 29.4 Å². The van der Waals surface area contributed by atoms with Crippen molar-refractivity contribution in [2.75, 3.05) is 6.54 Å². The SMILES string of the molecule is C#CCCCCNC(=O)c1cc(C)cc([N+](=O)[O-])c1. The highest BCUT2D eigenvalue weighted by Crippen LogP contribution is 2.16. The number of non-ortho nitro benzene ring substituents is 1. The van der Waals surface area contributed by atoms with Gasteiger partial charge < -0.3 is 5.32 Å². The van der Waals surface area contributed by atoms with E-state index in [1.807, 2.05) is 0 Å². The molecule has 5 nitrogen and oxygen atoms in total. The number of nitro groups is 1. The lowest BCUT2D eigenvalue weighted by Gasteiger charge is -2.05. The Bertz CT molecular complexity index is 518. The number of hydrogen-bond acceptors (Lipinski definition) is 3. The third-order valence-electron chi connectivity index (χ3n) is 2.57. The molecule has 1 aromatic carbocycles. The Morgan fingerprint density at radius 3 is 2.79 bits per heavy atom. The van der Waals surface area contributed by atoms with Gasteiger partial charge in [0.05, 0.1) is 4.92 Å². The number of carbonyl (C=O) groups is 1. The summed E-state index contributed by atoms with van der Waals surface area (Å²) < 4.78 is 0. The molecular formula is C14H16N2O3. The highest BCUT2D eigenvalue weighted by atomic mass is 16.6. The van der Waals surface area contributed by atoms with Crippen molar-refractivity contribution in [3.63, 3.8) is 0 Å². The van der Waals surface area contributed by atoms with Gasteiger partial charge >= 0.3 is 0 Å². The maximum atomic E-state index is 11.8. The molecule has 0 spiro atoms. The number of nitrogens with one attached hydrogen (secondary N) is 1. The summed E-state index contributed by atoms with van der Waals surface area (Å²) in [7, 11) is 0. The molecule has 0 heterocycles. The molecule has 5 heteroatoms. The van der Waals surface area contributed by atoms with Crippen molar-refractivity contribution in [1.29, 1.82) is 0 Å². The Balaban J connectivity index is 2.62. The second-order valence-corrected chi connectivity index (χ2v) is 4.23. The Labute approximate surface area is 112 Å². The van der Waals surface area contributed by atoms with Gasteiger partial charge in [0.25, 0.3) is 11.6 Å². The van der Waals surface area contributed by atoms with Crippen LogP contribution in [0.5, 0.6) is 0 Å². The normalized spacial score (nSPS) is 9.68. The largest absolute Gasteiger partial charge is 0.352 e. The zero-order chi connectivity index (χ0) is 14.3. The topological polar surface area (TPSA) is 72.2 Å². The van der Waals surface area contributed by atoms with E-state index in [2.05, 4.69) is 11.2 Å². The Morgan fingerprint density at radius 1 is 1.42 bits per heavy atom. The van der Waals surface area contributed by atoms with Gasteiger partial charge in [0.1, 0.15) is 0 Å². The van der Waals surface area contributed by atoms with E-state index in [0.29, 0.717) is 24.1 Å². The Morgan fingerprint density at radius 2 is 2.16 bits per heavy atom. The number of rotatable bonds is 6. The molecule has 0 aliphatic heterocycles. The third-order valence-corrected chi connectivity index (χ3v) is 2.57. The van der Waals surface area contributed by atoms with Gasteiger partial charge in [-0.3, -0.25) is 14.9 Å². The Kier molecular flexibility index (Phi) is 5.55. The maximum absolute atomic E-state index is 11.8. The van der Waals surface area contributed by atoms with E-state index in [4.69, 9.17) is 6.42 Å². The number of aryl methyl sites for hydroxylation is 1. The third kappa shape index (κ3) is 4.80. The summed E-state index contributed by atoms with van der Waals surface area (Å²) in [5.41, 5.74) is 0.924. The lowest BCUT2D eigenvalue weighted by Crippen LogP contribution is -2.24. The summed E-state index contributed by atoms with van der Waals surface area (Å²) in [6.45, 7) is 2.24. The monoisotopic (exact) mass is 260 g/mol. The van der Waals surface area contributed by atoms with Crippen molar-refractivity contribution < 1.29 is 9.72 Å². The summed E-state index contributed by atoms with van der Waals surface area (Å²) in [4.78, 5) is 22.0. The first-order valence-electron chi connectivity index (χ1n) is 6.02. The highest BCUT2D eigenvalue weighted by molar-refractivity contribution is 5.95.